The highest BCUT2D eigenvalue weighted by Crippen LogP contribution is 2.18. The van der Waals surface area contributed by atoms with Gasteiger partial charge in [-0.15, -0.1) is 0 Å². The van der Waals surface area contributed by atoms with Crippen LogP contribution in [0.1, 0.15) is 49.1 Å². The van der Waals surface area contributed by atoms with Crippen molar-refractivity contribution in [1.29, 1.82) is 0 Å². The molecule has 21 heavy (non-hydrogen) atoms. The lowest BCUT2D eigenvalue weighted by atomic mass is 10.1. The number of nitrogens with one attached hydrogen (secondary N) is 1. The van der Waals surface area contributed by atoms with Crippen molar-refractivity contribution >= 4 is 16.9 Å². The molecule has 0 atom stereocenters. The molecule has 2 aromatic rings. The van der Waals surface area contributed by atoms with Crippen molar-refractivity contribution in [3.05, 3.63) is 46.3 Å². The highest BCUT2D eigenvalue weighted by atomic mass is 16.3. The van der Waals surface area contributed by atoms with Gasteiger partial charge in [0.2, 0.25) is 0 Å². The Balaban J connectivity index is 1.82. The van der Waals surface area contributed by atoms with Crippen LogP contribution in [0.15, 0.2) is 39.5 Å². The molecule has 4 heteroatoms. The molecule has 0 aliphatic heterocycles. The number of hydrogen-bond donors (Lipinski definition) is 1. The minimum absolute atomic E-state index is 0.1000. The van der Waals surface area contributed by atoms with Crippen molar-refractivity contribution in [2.45, 2.75) is 44.6 Å². The van der Waals surface area contributed by atoms with Crippen LogP contribution in [0.25, 0.3) is 11.0 Å². The Morgan fingerprint density at radius 1 is 1.10 bits per heavy atom. The fraction of sp³-hybridized carbons (Fsp3) is 0.412. The first kappa shape index (κ1) is 13.9. The van der Waals surface area contributed by atoms with E-state index in [4.69, 9.17) is 4.42 Å². The zero-order valence-electron chi connectivity index (χ0n) is 11.9. The molecule has 3 rings (SSSR count). The van der Waals surface area contributed by atoms with Gasteiger partial charge in [0.25, 0.3) is 5.91 Å². The standard InChI is InChI=1S/C17H19NO3/c19-14-11-16(21-15-10-6-5-9-13(14)15)17(20)18-12-7-3-1-2-4-8-12/h5-6,9-12H,1-4,7-8H2,(H,18,20). The van der Waals surface area contributed by atoms with Crippen LogP contribution in [0.3, 0.4) is 0 Å². The molecule has 110 valence electrons. The van der Waals surface area contributed by atoms with Gasteiger partial charge in [-0.25, -0.2) is 0 Å². The summed E-state index contributed by atoms with van der Waals surface area (Å²) in [5, 5.41) is 3.50. The number of fused-ring (bicyclic) bond motifs is 1. The molecule has 1 aromatic carbocycles. The van der Waals surface area contributed by atoms with E-state index in [1.807, 2.05) is 0 Å². The maximum Gasteiger partial charge on any atom is 0.287 e. The van der Waals surface area contributed by atoms with E-state index in [0.29, 0.717) is 11.0 Å². The van der Waals surface area contributed by atoms with Crippen molar-refractivity contribution in [3.8, 4) is 0 Å². The Morgan fingerprint density at radius 2 is 1.81 bits per heavy atom. The average molecular weight is 285 g/mol. The normalized spacial score (nSPS) is 16.6. The van der Waals surface area contributed by atoms with Gasteiger partial charge in [-0.2, -0.15) is 0 Å². The summed E-state index contributed by atoms with van der Waals surface area (Å²) >= 11 is 0. The molecule has 0 saturated heterocycles. The van der Waals surface area contributed by atoms with Crippen LogP contribution in [0, 0.1) is 0 Å². The second-order valence-corrected chi connectivity index (χ2v) is 5.63. The summed E-state index contributed by atoms with van der Waals surface area (Å²) in [6.45, 7) is 0. The van der Waals surface area contributed by atoms with E-state index < -0.39 is 0 Å². The first-order valence-corrected chi connectivity index (χ1v) is 7.58. The fourth-order valence-corrected chi connectivity index (χ4v) is 2.90. The molecule has 4 nitrogen and oxygen atoms in total. The van der Waals surface area contributed by atoms with Gasteiger partial charge in [0, 0.05) is 12.1 Å². The Morgan fingerprint density at radius 3 is 2.57 bits per heavy atom. The molecule has 1 aromatic heterocycles. The minimum Gasteiger partial charge on any atom is -0.451 e. The van der Waals surface area contributed by atoms with Gasteiger partial charge >= 0.3 is 0 Å². The second-order valence-electron chi connectivity index (χ2n) is 5.63. The molecule has 0 radical (unpaired) electrons. The number of amides is 1. The van der Waals surface area contributed by atoms with Crippen molar-refractivity contribution < 1.29 is 9.21 Å². The molecule has 0 bridgehead atoms. The summed E-state index contributed by atoms with van der Waals surface area (Å²) in [6, 6.07) is 8.46. The predicted molar refractivity (Wildman–Crippen MR) is 81.4 cm³/mol. The molecular weight excluding hydrogens is 266 g/mol. The SMILES string of the molecule is O=C(NC1CCCCCC1)c1cc(=O)c2ccccc2o1. The first-order chi connectivity index (χ1) is 10.2. The summed E-state index contributed by atoms with van der Waals surface area (Å²) in [7, 11) is 0. The second kappa shape index (κ2) is 6.12. The number of hydrogen-bond acceptors (Lipinski definition) is 3. The molecule has 1 aliphatic rings. The van der Waals surface area contributed by atoms with Crippen LogP contribution >= 0.6 is 0 Å². The lowest BCUT2D eigenvalue weighted by molar-refractivity contribution is 0.0906. The molecular formula is C17H19NO3. The minimum atomic E-state index is -0.287. The maximum atomic E-state index is 12.3. The fourth-order valence-electron chi connectivity index (χ4n) is 2.90. The van der Waals surface area contributed by atoms with E-state index in [0.717, 1.165) is 25.7 Å². The molecule has 1 N–H and O–H groups in total. The summed E-state index contributed by atoms with van der Waals surface area (Å²) < 4.78 is 5.57. The number of carbonyl (C=O) groups is 1. The van der Waals surface area contributed by atoms with E-state index in [2.05, 4.69) is 5.32 Å². The van der Waals surface area contributed by atoms with Crippen LogP contribution in [0.4, 0.5) is 0 Å². The molecule has 0 unspecified atom stereocenters. The van der Waals surface area contributed by atoms with Gasteiger partial charge in [-0.1, -0.05) is 37.8 Å². The summed E-state index contributed by atoms with van der Waals surface area (Å²) in [4.78, 5) is 24.3. The average Bonchev–Trinajstić information content (AvgIpc) is 2.76. The third-order valence-electron chi connectivity index (χ3n) is 4.05. The van der Waals surface area contributed by atoms with E-state index >= 15 is 0 Å². The van der Waals surface area contributed by atoms with Crippen LogP contribution in [0.5, 0.6) is 0 Å². The van der Waals surface area contributed by atoms with Crippen LogP contribution in [0.2, 0.25) is 0 Å². The highest BCUT2D eigenvalue weighted by molar-refractivity contribution is 5.93. The smallest absolute Gasteiger partial charge is 0.287 e. The molecule has 1 aliphatic carbocycles. The van der Waals surface area contributed by atoms with Crippen molar-refractivity contribution in [1.82, 2.24) is 5.32 Å². The quantitative estimate of drug-likeness (QED) is 0.862. The van der Waals surface area contributed by atoms with E-state index in [1.54, 1.807) is 24.3 Å². The van der Waals surface area contributed by atoms with Crippen LogP contribution in [-0.2, 0) is 0 Å². The lowest BCUT2D eigenvalue weighted by Gasteiger charge is -2.15. The summed E-state index contributed by atoms with van der Waals surface area (Å²) in [6.07, 6.45) is 6.77. The van der Waals surface area contributed by atoms with Gasteiger partial charge in [-0.05, 0) is 25.0 Å². The number of rotatable bonds is 2. The van der Waals surface area contributed by atoms with Crippen LogP contribution in [-0.4, -0.2) is 11.9 Å². The number of para-hydroxylation sites is 1. The van der Waals surface area contributed by atoms with Gasteiger partial charge < -0.3 is 9.73 Å². The third-order valence-corrected chi connectivity index (χ3v) is 4.05. The highest BCUT2D eigenvalue weighted by Gasteiger charge is 2.18. The van der Waals surface area contributed by atoms with Gasteiger partial charge in [-0.3, -0.25) is 9.59 Å². The molecule has 1 fully saturated rings. The molecule has 1 saturated carbocycles. The Hall–Kier alpha value is -2.10. The Labute approximate surface area is 123 Å². The number of benzene rings is 1. The lowest BCUT2D eigenvalue weighted by Crippen LogP contribution is -2.34. The van der Waals surface area contributed by atoms with Crippen LogP contribution < -0.4 is 10.7 Å². The zero-order valence-corrected chi connectivity index (χ0v) is 11.9. The number of carbonyl (C=O) groups excluding carboxylic acids is 1. The Bertz CT molecular complexity index is 696. The largest absolute Gasteiger partial charge is 0.451 e. The Kier molecular flexibility index (Phi) is 4.04. The summed E-state index contributed by atoms with van der Waals surface area (Å²) in [5.74, 6) is -0.187. The zero-order chi connectivity index (χ0) is 14.7. The van der Waals surface area contributed by atoms with Crippen molar-refractivity contribution in [3.63, 3.8) is 0 Å². The molecule has 1 amide bonds. The van der Waals surface area contributed by atoms with E-state index in [9.17, 15) is 9.59 Å². The van der Waals surface area contributed by atoms with Gasteiger partial charge in [0.15, 0.2) is 11.2 Å². The maximum absolute atomic E-state index is 12.3. The monoisotopic (exact) mass is 285 g/mol. The molecule has 1 heterocycles. The third kappa shape index (κ3) is 3.15. The van der Waals surface area contributed by atoms with E-state index in [1.165, 1.54) is 18.9 Å². The van der Waals surface area contributed by atoms with E-state index in [-0.39, 0.29) is 23.1 Å². The van der Waals surface area contributed by atoms with Gasteiger partial charge in [0.1, 0.15) is 5.58 Å². The van der Waals surface area contributed by atoms with Crippen molar-refractivity contribution in [2.75, 3.05) is 0 Å². The van der Waals surface area contributed by atoms with Crippen molar-refractivity contribution in [2.24, 2.45) is 0 Å². The molecule has 0 spiro atoms. The topological polar surface area (TPSA) is 59.3 Å². The predicted octanol–water partition coefficient (Wildman–Crippen LogP) is 3.25. The first-order valence-electron chi connectivity index (χ1n) is 7.58. The van der Waals surface area contributed by atoms with Gasteiger partial charge in [0.05, 0.1) is 5.39 Å². The summed E-state index contributed by atoms with van der Waals surface area (Å²) in [5.41, 5.74) is 0.277.